The molecule has 7 nitrogen and oxygen atoms in total. The van der Waals surface area contributed by atoms with Crippen molar-refractivity contribution >= 4 is 35.8 Å². The summed E-state index contributed by atoms with van der Waals surface area (Å²) in [7, 11) is -0.320. The molecule has 0 spiro atoms. The third-order valence-corrected chi connectivity index (χ3v) is 8.80. The van der Waals surface area contributed by atoms with Gasteiger partial charge in [-0.2, -0.15) is 0 Å². The van der Waals surface area contributed by atoms with Crippen LogP contribution in [0.25, 0.3) is 10.4 Å². The molecule has 9 heteroatoms. The van der Waals surface area contributed by atoms with Gasteiger partial charge >= 0.3 is 13.5 Å². The van der Waals surface area contributed by atoms with Gasteiger partial charge in [-0.15, -0.1) is 11.3 Å². The van der Waals surface area contributed by atoms with E-state index < -0.39 is 13.5 Å². The number of carboxylic acids is 1. The van der Waals surface area contributed by atoms with Crippen molar-refractivity contribution in [3.63, 3.8) is 0 Å². The Morgan fingerprint density at radius 1 is 1.14 bits per heavy atom. The van der Waals surface area contributed by atoms with Gasteiger partial charge in [-0.25, -0.2) is 9.78 Å². The van der Waals surface area contributed by atoms with Crippen molar-refractivity contribution in [3.05, 3.63) is 88.3 Å². The maximum atomic E-state index is 13.7. The molecule has 35 heavy (non-hydrogen) atoms. The summed E-state index contributed by atoms with van der Waals surface area (Å²) in [6.07, 6.45) is 3.39. The number of benzene rings is 2. The molecule has 0 bridgehead atoms. The minimum absolute atomic E-state index is 0.0575. The monoisotopic (exact) mass is 505 g/mol. The van der Waals surface area contributed by atoms with Crippen LogP contribution in [0.1, 0.15) is 32.1 Å². The SMILES string of the molecule is COP(=O)(Nc1cc(-c2ccc(C#Cc3cncn3C)cc2)sc1C(=O)O)c1ccc(C)cc1C. The van der Waals surface area contributed by atoms with Crippen LogP contribution in [0.5, 0.6) is 0 Å². The van der Waals surface area contributed by atoms with Crippen LogP contribution in [0.15, 0.2) is 61.1 Å². The number of imidazole rings is 1. The fourth-order valence-electron chi connectivity index (χ4n) is 3.61. The smallest absolute Gasteiger partial charge is 0.348 e. The van der Waals surface area contributed by atoms with Gasteiger partial charge in [0.05, 0.1) is 23.5 Å². The number of carboxylic acid groups (broad SMARTS) is 1. The summed E-state index contributed by atoms with van der Waals surface area (Å²) >= 11 is 1.11. The minimum Gasteiger partial charge on any atom is -0.477 e. The fourth-order valence-corrected chi connectivity index (χ4v) is 6.34. The summed E-state index contributed by atoms with van der Waals surface area (Å²) in [5, 5.41) is 13.2. The molecule has 2 heterocycles. The number of rotatable bonds is 6. The molecule has 2 aromatic heterocycles. The third-order valence-electron chi connectivity index (χ3n) is 5.44. The number of anilines is 1. The molecule has 178 valence electrons. The van der Waals surface area contributed by atoms with Crippen LogP contribution in [0.2, 0.25) is 0 Å². The van der Waals surface area contributed by atoms with E-state index in [2.05, 4.69) is 21.9 Å². The normalized spacial score (nSPS) is 12.5. The van der Waals surface area contributed by atoms with Crippen molar-refractivity contribution in [3.8, 4) is 22.3 Å². The lowest BCUT2D eigenvalue weighted by Crippen LogP contribution is -2.17. The Labute approximate surface area is 207 Å². The maximum Gasteiger partial charge on any atom is 0.348 e. The van der Waals surface area contributed by atoms with Gasteiger partial charge in [-0.3, -0.25) is 4.57 Å². The van der Waals surface area contributed by atoms with E-state index in [9.17, 15) is 14.5 Å². The summed E-state index contributed by atoms with van der Waals surface area (Å²) in [6, 6.07) is 14.7. The highest BCUT2D eigenvalue weighted by Crippen LogP contribution is 2.48. The van der Waals surface area contributed by atoms with E-state index in [4.69, 9.17) is 4.52 Å². The van der Waals surface area contributed by atoms with Gasteiger partial charge in [0.25, 0.3) is 0 Å². The highest BCUT2D eigenvalue weighted by atomic mass is 32.1. The van der Waals surface area contributed by atoms with Crippen LogP contribution < -0.4 is 10.4 Å². The molecule has 0 fully saturated rings. The van der Waals surface area contributed by atoms with Crippen molar-refractivity contribution in [2.75, 3.05) is 12.2 Å². The molecule has 0 aliphatic carbocycles. The second-order valence-corrected chi connectivity index (χ2v) is 11.2. The van der Waals surface area contributed by atoms with Crippen LogP contribution in [-0.2, 0) is 16.1 Å². The zero-order valence-electron chi connectivity index (χ0n) is 19.7. The average Bonchev–Trinajstić information content (AvgIpc) is 3.43. The van der Waals surface area contributed by atoms with E-state index in [-0.39, 0.29) is 10.6 Å². The second-order valence-electron chi connectivity index (χ2n) is 8.01. The first kappa shape index (κ1) is 24.5. The molecule has 0 saturated carbocycles. The number of aromatic nitrogens is 2. The first-order chi connectivity index (χ1) is 16.7. The second kappa shape index (κ2) is 9.93. The predicted octanol–water partition coefficient (Wildman–Crippen LogP) is 5.44. The summed E-state index contributed by atoms with van der Waals surface area (Å²) in [4.78, 5) is 16.8. The first-order valence-electron chi connectivity index (χ1n) is 10.7. The average molecular weight is 506 g/mol. The van der Waals surface area contributed by atoms with Crippen molar-refractivity contribution in [2.24, 2.45) is 7.05 Å². The quantitative estimate of drug-likeness (QED) is 0.268. The molecule has 4 rings (SSSR count). The Morgan fingerprint density at radius 2 is 1.89 bits per heavy atom. The summed E-state index contributed by atoms with van der Waals surface area (Å²) in [6.45, 7) is 3.80. The first-order valence-corrected chi connectivity index (χ1v) is 13.1. The topological polar surface area (TPSA) is 93.5 Å². The molecular formula is C26H24N3O4PS. The lowest BCUT2D eigenvalue weighted by Gasteiger charge is -2.20. The molecule has 4 aromatic rings. The fraction of sp³-hybridized carbons (Fsp3) is 0.154. The van der Waals surface area contributed by atoms with E-state index in [1.165, 1.54) is 7.11 Å². The molecule has 1 unspecified atom stereocenters. The van der Waals surface area contributed by atoms with E-state index in [1.807, 2.05) is 61.9 Å². The number of hydrogen-bond donors (Lipinski definition) is 2. The zero-order valence-corrected chi connectivity index (χ0v) is 21.4. The number of carbonyl (C=O) groups is 1. The largest absolute Gasteiger partial charge is 0.477 e. The lowest BCUT2D eigenvalue weighted by atomic mass is 10.1. The van der Waals surface area contributed by atoms with E-state index in [0.29, 0.717) is 5.30 Å². The Balaban J connectivity index is 1.65. The van der Waals surface area contributed by atoms with Crippen LogP contribution in [-0.4, -0.2) is 27.7 Å². The van der Waals surface area contributed by atoms with Crippen molar-refractivity contribution in [1.82, 2.24) is 9.55 Å². The Bertz CT molecular complexity index is 1510. The van der Waals surface area contributed by atoms with Gasteiger partial charge in [0.15, 0.2) is 0 Å². The number of aryl methyl sites for hydroxylation is 3. The van der Waals surface area contributed by atoms with Crippen molar-refractivity contribution < 1.29 is 19.0 Å². The molecule has 0 saturated heterocycles. The number of nitrogens with zero attached hydrogens (tertiary/aromatic N) is 2. The van der Waals surface area contributed by atoms with Gasteiger partial charge < -0.3 is 19.3 Å². The van der Waals surface area contributed by atoms with Crippen LogP contribution >= 0.6 is 18.9 Å². The third kappa shape index (κ3) is 5.23. The van der Waals surface area contributed by atoms with E-state index in [0.717, 1.165) is 44.2 Å². The summed E-state index contributed by atoms with van der Waals surface area (Å²) in [5.41, 5.74) is 4.55. The Kier molecular flexibility index (Phi) is 6.95. The van der Waals surface area contributed by atoms with E-state index >= 15 is 0 Å². The molecule has 1 atom stereocenters. The number of nitrogens with one attached hydrogen (secondary N) is 1. The van der Waals surface area contributed by atoms with Gasteiger partial charge in [0, 0.05) is 24.6 Å². The zero-order chi connectivity index (χ0) is 25.2. The van der Waals surface area contributed by atoms with E-state index in [1.54, 1.807) is 24.7 Å². The highest BCUT2D eigenvalue weighted by Gasteiger charge is 2.30. The Morgan fingerprint density at radius 3 is 2.49 bits per heavy atom. The van der Waals surface area contributed by atoms with Crippen molar-refractivity contribution in [1.29, 1.82) is 0 Å². The summed E-state index contributed by atoms with van der Waals surface area (Å²) < 4.78 is 21.0. The predicted molar refractivity (Wildman–Crippen MR) is 140 cm³/mol. The number of thiophene rings is 1. The molecular weight excluding hydrogens is 481 g/mol. The molecule has 0 radical (unpaired) electrons. The number of hydrogen-bond acceptors (Lipinski definition) is 5. The standard InChI is InChI=1S/C26H24N3O4PS/c1-17-5-12-23(18(2)13-17)34(32,33-4)28-22-14-24(35-25(22)26(30)31)20-9-6-19(7-10-20)8-11-21-15-27-16-29(21)3/h5-7,9-10,12-16H,1-4H3,(H,28,32)(H,30,31). The van der Waals surface area contributed by atoms with Crippen molar-refractivity contribution in [2.45, 2.75) is 13.8 Å². The van der Waals surface area contributed by atoms with Crippen LogP contribution in [0.3, 0.4) is 0 Å². The van der Waals surface area contributed by atoms with Gasteiger partial charge in [0.1, 0.15) is 10.6 Å². The summed E-state index contributed by atoms with van der Waals surface area (Å²) in [5.74, 6) is 5.07. The van der Waals surface area contributed by atoms with Gasteiger partial charge in [0.2, 0.25) is 0 Å². The van der Waals surface area contributed by atoms with Gasteiger partial charge in [-0.1, -0.05) is 35.7 Å². The molecule has 0 aliphatic rings. The highest BCUT2D eigenvalue weighted by molar-refractivity contribution is 7.68. The van der Waals surface area contributed by atoms with Crippen LogP contribution in [0, 0.1) is 25.7 Å². The lowest BCUT2D eigenvalue weighted by molar-refractivity contribution is 0.0703. The number of aromatic carboxylic acids is 1. The Hall–Kier alpha value is -3.63. The van der Waals surface area contributed by atoms with Gasteiger partial charge in [-0.05, 0) is 55.2 Å². The van der Waals surface area contributed by atoms with Crippen LogP contribution in [0.4, 0.5) is 5.69 Å². The molecule has 0 aliphatic heterocycles. The molecule has 2 aromatic carbocycles. The molecule has 0 amide bonds. The molecule has 2 N–H and O–H groups in total. The minimum atomic E-state index is -3.55. The maximum absolute atomic E-state index is 13.7.